The molecule has 0 saturated carbocycles. The van der Waals surface area contributed by atoms with Gasteiger partial charge in [-0.05, 0) is 32.1 Å². The first-order valence-electron chi connectivity index (χ1n) is 5.25. The Kier molecular flexibility index (Phi) is 3.55. The van der Waals surface area contributed by atoms with E-state index in [4.69, 9.17) is 4.43 Å². The Morgan fingerprint density at radius 3 is 2.12 bits per heavy atom. The number of benzene rings is 1. The molecule has 0 bridgehead atoms. The van der Waals surface area contributed by atoms with Crippen molar-refractivity contribution in [3.05, 3.63) is 35.9 Å². The van der Waals surface area contributed by atoms with E-state index in [-0.39, 0.29) is 0 Å². The molecule has 0 amide bonds. The molecule has 4 heteroatoms. The van der Waals surface area contributed by atoms with E-state index in [0.29, 0.717) is 5.56 Å². The van der Waals surface area contributed by atoms with Crippen molar-refractivity contribution >= 4 is 14.3 Å². The molecule has 0 heterocycles. The van der Waals surface area contributed by atoms with Crippen molar-refractivity contribution in [3.8, 4) is 0 Å². The first kappa shape index (κ1) is 12.9. The highest BCUT2D eigenvalue weighted by Gasteiger charge is 2.40. The van der Waals surface area contributed by atoms with Crippen molar-refractivity contribution in [2.75, 3.05) is 0 Å². The smallest absolute Gasteiger partial charge is 0.339 e. The molecule has 0 spiro atoms. The van der Waals surface area contributed by atoms with E-state index < -0.39 is 19.9 Å². The lowest BCUT2D eigenvalue weighted by Crippen LogP contribution is -2.44. The summed E-state index contributed by atoms with van der Waals surface area (Å²) in [6.07, 6.45) is 0. The van der Waals surface area contributed by atoms with E-state index >= 15 is 0 Å². The first-order valence-corrected chi connectivity index (χ1v) is 8.65. The predicted molar refractivity (Wildman–Crippen MR) is 65.9 cm³/mol. The second kappa shape index (κ2) is 4.39. The molecular weight excluding hydrogens is 220 g/mol. The molecule has 0 aliphatic heterocycles. The molecule has 1 N–H and O–H groups in total. The second-order valence-electron chi connectivity index (χ2n) is 4.92. The van der Waals surface area contributed by atoms with E-state index in [1.165, 1.54) is 0 Å². The van der Waals surface area contributed by atoms with Crippen molar-refractivity contribution in [2.45, 2.75) is 32.2 Å². The molecule has 16 heavy (non-hydrogen) atoms. The Bertz CT molecular complexity index is 370. The Morgan fingerprint density at radius 1 is 1.25 bits per heavy atom. The third-order valence-corrected chi connectivity index (χ3v) is 3.26. The highest BCUT2D eigenvalue weighted by atomic mass is 28.4. The number of aliphatic carboxylic acids is 1. The van der Waals surface area contributed by atoms with E-state index in [1.807, 2.05) is 37.8 Å². The van der Waals surface area contributed by atoms with Gasteiger partial charge in [-0.15, -0.1) is 0 Å². The van der Waals surface area contributed by atoms with Gasteiger partial charge >= 0.3 is 5.97 Å². The number of rotatable bonds is 4. The van der Waals surface area contributed by atoms with Crippen molar-refractivity contribution in [1.82, 2.24) is 0 Å². The Labute approximate surface area is 97.2 Å². The summed E-state index contributed by atoms with van der Waals surface area (Å²) in [5.41, 5.74) is -0.559. The van der Waals surface area contributed by atoms with Crippen LogP contribution in [0.25, 0.3) is 0 Å². The number of carboxylic acids is 1. The van der Waals surface area contributed by atoms with Gasteiger partial charge in [-0.3, -0.25) is 0 Å². The van der Waals surface area contributed by atoms with Gasteiger partial charge in [-0.1, -0.05) is 30.3 Å². The van der Waals surface area contributed by atoms with Crippen LogP contribution in [0.1, 0.15) is 12.5 Å². The Hall–Kier alpha value is -1.13. The maximum Gasteiger partial charge on any atom is 0.339 e. The molecule has 0 saturated heterocycles. The van der Waals surface area contributed by atoms with Gasteiger partial charge in [0, 0.05) is 0 Å². The number of carbonyl (C=O) groups is 1. The van der Waals surface area contributed by atoms with Crippen LogP contribution >= 0.6 is 0 Å². The lowest BCUT2D eigenvalue weighted by atomic mass is 9.97. The normalized spacial score (nSPS) is 15.5. The summed E-state index contributed by atoms with van der Waals surface area (Å²) >= 11 is 0. The van der Waals surface area contributed by atoms with Gasteiger partial charge in [-0.25, -0.2) is 4.79 Å². The van der Waals surface area contributed by atoms with Gasteiger partial charge < -0.3 is 9.53 Å². The SMILES string of the molecule is C[C@@](O[Si](C)(C)C)(C(=O)O)c1ccccc1. The molecule has 88 valence electrons. The molecule has 3 nitrogen and oxygen atoms in total. The van der Waals surface area contributed by atoms with E-state index in [0.717, 1.165) is 0 Å². The third kappa shape index (κ3) is 2.93. The van der Waals surface area contributed by atoms with Gasteiger partial charge in [0.15, 0.2) is 13.9 Å². The van der Waals surface area contributed by atoms with Crippen molar-refractivity contribution in [1.29, 1.82) is 0 Å². The summed E-state index contributed by atoms with van der Waals surface area (Å²) in [5, 5.41) is 9.35. The van der Waals surface area contributed by atoms with Gasteiger partial charge in [0.2, 0.25) is 0 Å². The third-order valence-electron chi connectivity index (χ3n) is 2.24. The molecule has 0 unspecified atom stereocenters. The van der Waals surface area contributed by atoms with Crippen LogP contribution in [0, 0.1) is 0 Å². The maximum absolute atomic E-state index is 11.4. The summed E-state index contributed by atoms with van der Waals surface area (Å²) in [6, 6.07) is 9.08. The zero-order valence-corrected chi connectivity index (χ0v) is 11.2. The molecule has 1 aromatic rings. The van der Waals surface area contributed by atoms with Crippen molar-refractivity contribution in [3.63, 3.8) is 0 Å². The van der Waals surface area contributed by atoms with E-state index in [1.54, 1.807) is 19.1 Å². The molecule has 0 aromatic heterocycles. The van der Waals surface area contributed by atoms with Gasteiger partial charge in [0.05, 0.1) is 0 Å². The van der Waals surface area contributed by atoms with Crippen LogP contribution in [-0.4, -0.2) is 19.4 Å². The second-order valence-corrected chi connectivity index (χ2v) is 9.35. The fourth-order valence-corrected chi connectivity index (χ4v) is 3.02. The van der Waals surface area contributed by atoms with Crippen LogP contribution in [0.3, 0.4) is 0 Å². The Morgan fingerprint density at radius 2 is 1.75 bits per heavy atom. The average Bonchev–Trinajstić information content (AvgIpc) is 2.16. The summed E-state index contributed by atoms with van der Waals surface area (Å²) < 4.78 is 5.81. The summed E-state index contributed by atoms with van der Waals surface area (Å²) in [4.78, 5) is 11.4. The highest BCUT2D eigenvalue weighted by molar-refractivity contribution is 6.70. The largest absolute Gasteiger partial charge is 0.479 e. The molecule has 0 fully saturated rings. The molecule has 1 rings (SSSR count). The maximum atomic E-state index is 11.4. The quantitative estimate of drug-likeness (QED) is 0.820. The minimum Gasteiger partial charge on any atom is -0.479 e. The Balaban J connectivity index is 3.13. The average molecular weight is 238 g/mol. The van der Waals surface area contributed by atoms with Crippen LogP contribution < -0.4 is 0 Å². The zero-order valence-electron chi connectivity index (χ0n) is 10.2. The number of carboxylic acid groups (broad SMARTS) is 1. The fraction of sp³-hybridized carbons (Fsp3) is 0.417. The number of hydrogen-bond donors (Lipinski definition) is 1. The summed E-state index contributed by atoms with van der Waals surface area (Å²) in [7, 11) is -1.92. The highest BCUT2D eigenvalue weighted by Crippen LogP contribution is 2.29. The zero-order chi connectivity index (χ0) is 12.4. The van der Waals surface area contributed by atoms with Crippen LogP contribution in [-0.2, 0) is 14.8 Å². The first-order chi connectivity index (χ1) is 7.26. The topological polar surface area (TPSA) is 46.5 Å². The van der Waals surface area contributed by atoms with Gasteiger partial charge in [0.25, 0.3) is 0 Å². The van der Waals surface area contributed by atoms with E-state index in [2.05, 4.69) is 0 Å². The summed E-state index contributed by atoms with van der Waals surface area (Å²) in [5.74, 6) is -0.943. The lowest BCUT2D eigenvalue weighted by Gasteiger charge is -2.32. The van der Waals surface area contributed by atoms with Crippen LogP contribution in [0.2, 0.25) is 19.6 Å². The monoisotopic (exact) mass is 238 g/mol. The molecule has 0 aliphatic carbocycles. The number of hydrogen-bond acceptors (Lipinski definition) is 2. The van der Waals surface area contributed by atoms with Crippen LogP contribution in [0.5, 0.6) is 0 Å². The fourth-order valence-electron chi connectivity index (χ4n) is 1.59. The van der Waals surface area contributed by atoms with Crippen LogP contribution in [0.15, 0.2) is 30.3 Å². The van der Waals surface area contributed by atoms with Crippen LogP contribution in [0.4, 0.5) is 0 Å². The minimum absolute atomic E-state index is 0.685. The van der Waals surface area contributed by atoms with E-state index in [9.17, 15) is 9.90 Å². The molecule has 0 radical (unpaired) electrons. The lowest BCUT2D eigenvalue weighted by molar-refractivity contribution is -0.155. The molecular formula is C12H18O3Si. The van der Waals surface area contributed by atoms with Gasteiger partial charge in [0.1, 0.15) is 0 Å². The summed E-state index contributed by atoms with van der Waals surface area (Å²) in [6.45, 7) is 7.56. The minimum atomic E-state index is -1.92. The van der Waals surface area contributed by atoms with Gasteiger partial charge in [-0.2, -0.15) is 0 Å². The molecule has 1 atom stereocenters. The predicted octanol–water partition coefficient (Wildman–Crippen LogP) is 2.84. The van der Waals surface area contributed by atoms with Crippen molar-refractivity contribution in [2.24, 2.45) is 0 Å². The standard InChI is InChI=1S/C12H18O3Si/c1-12(11(13)14,15-16(2,3)4)10-8-6-5-7-9-10/h5-9H,1-4H3,(H,13,14)/t12-/m0/s1. The van der Waals surface area contributed by atoms with Crippen molar-refractivity contribution < 1.29 is 14.3 Å². The molecule has 0 aliphatic rings. The molecule has 1 aromatic carbocycles.